The Balaban J connectivity index is 3.12. The zero-order chi connectivity index (χ0) is 13.6. The van der Waals surface area contributed by atoms with Crippen LogP contribution < -0.4 is 5.32 Å². The van der Waals surface area contributed by atoms with E-state index >= 15 is 0 Å². The third-order valence-corrected chi connectivity index (χ3v) is 5.11. The molecule has 0 bridgehead atoms. The van der Waals surface area contributed by atoms with Crippen molar-refractivity contribution in [3.05, 3.63) is 0 Å². The number of carbonyl (C=O) groups excluding carboxylic acids is 1. The van der Waals surface area contributed by atoms with Crippen molar-refractivity contribution in [2.45, 2.75) is 59.3 Å². The number of hydrogen-bond acceptors (Lipinski definition) is 3. The molecule has 0 aromatic heterocycles. The van der Waals surface area contributed by atoms with Gasteiger partial charge in [-0.05, 0) is 18.8 Å². The van der Waals surface area contributed by atoms with Gasteiger partial charge in [0.05, 0.1) is 0 Å². The maximum atomic E-state index is 11.4. The van der Waals surface area contributed by atoms with Crippen LogP contribution in [0.15, 0.2) is 0 Å². The minimum Gasteiger partial charge on any atom is -0.355 e. The van der Waals surface area contributed by atoms with Gasteiger partial charge >= 0.3 is 0 Å². The van der Waals surface area contributed by atoms with Crippen molar-refractivity contribution in [1.82, 2.24) is 5.32 Å². The van der Waals surface area contributed by atoms with Crippen molar-refractivity contribution < 1.29 is 4.79 Å². The summed E-state index contributed by atoms with van der Waals surface area (Å²) in [5, 5.41) is 2.98. The zero-order valence-electron chi connectivity index (χ0n) is 12.2. The third kappa shape index (κ3) is 14.2. The summed E-state index contributed by atoms with van der Waals surface area (Å²) in [5.41, 5.74) is 0. The number of unbranched alkanes of at least 4 members (excludes halogenated alkanes) is 3. The van der Waals surface area contributed by atoms with Crippen LogP contribution in [0.1, 0.15) is 59.3 Å². The first-order chi connectivity index (χ1) is 8.66. The number of hydrogen-bond donors (Lipinski definition) is 1. The average molecular weight is 292 g/mol. The van der Waals surface area contributed by atoms with Gasteiger partial charge < -0.3 is 5.32 Å². The molecule has 0 aliphatic rings. The Morgan fingerprint density at radius 1 is 1.11 bits per heavy atom. The molecule has 0 aromatic carbocycles. The van der Waals surface area contributed by atoms with E-state index in [9.17, 15) is 4.79 Å². The molecule has 0 saturated carbocycles. The van der Waals surface area contributed by atoms with Crippen molar-refractivity contribution in [2.24, 2.45) is 5.92 Å². The Kier molecular flexibility index (Phi) is 13.7. The van der Waals surface area contributed by atoms with Gasteiger partial charge in [0, 0.05) is 24.5 Å². The van der Waals surface area contributed by atoms with Crippen LogP contribution in [0.4, 0.5) is 0 Å². The lowest BCUT2D eigenvalue weighted by molar-refractivity contribution is -0.121. The fraction of sp³-hybridized carbons (Fsp3) is 0.929. The molecule has 1 amide bonds. The Bertz CT molecular complexity index is 198. The van der Waals surface area contributed by atoms with E-state index in [1.54, 1.807) is 0 Å². The molecule has 0 aliphatic carbocycles. The molecule has 0 radical (unpaired) electrons. The lowest BCUT2D eigenvalue weighted by Crippen LogP contribution is -2.25. The van der Waals surface area contributed by atoms with Crippen LogP contribution in [0.25, 0.3) is 0 Å². The van der Waals surface area contributed by atoms with E-state index in [0.29, 0.717) is 12.3 Å². The lowest BCUT2D eigenvalue weighted by atomic mass is 10.1. The first kappa shape index (κ1) is 18.2. The fourth-order valence-corrected chi connectivity index (χ4v) is 3.50. The normalized spacial score (nSPS) is 10.9. The smallest absolute Gasteiger partial charge is 0.220 e. The molecule has 0 unspecified atom stereocenters. The van der Waals surface area contributed by atoms with Gasteiger partial charge in [-0.3, -0.25) is 4.79 Å². The van der Waals surface area contributed by atoms with E-state index < -0.39 is 0 Å². The molecule has 0 aliphatic heterocycles. The molecule has 0 spiro atoms. The summed E-state index contributed by atoms with van der Waals surface area (Å²) in [6.45, 7) is 7.35. The van der Waals surface area contributed by atoms with Crippen LogP contribution in [-0.4, -0.2) is 24.0 Å². The fourth-order valence-electron chi connectivity index (χ4n) is 1.45. The summed E-state index contributed by atoms with van der Waals surface area (Å²) in [7, 11) is 3.82. The van der Waals surface area contributed by atoms with Gasteiger partial charge in [-0.2, -0.15) is 0 Å². The van der Waals surface area contributed by atoms with E-state index in [0.717, 1.165) is 18.7 Å². The summed E-state index contributed by atoms with van der Waals surface area (Å²) in [4.78, 5) is 11.4. The van der Waals surface area contributed by atoms with Gasteiger partial charge in [0.25, 0.3) is 0 Å². The minimum absolute atomic E-state index is 0.206. The average Bonchev–Trinajstić information content (AvgIpc) is 2.34. The summed E-state index contributed by atoms with van der Waals surface area (Å²) in [6.07, 6.45) is 7.01. The van der Waals surface area contributed by atoms with Gasteiger partial charge in [0.15, 0.2) is 0 Å². The highest BCUT2D eigenvalue weighted by Gasteiger charge is 2.02. The number of nitrogens with one attached hydrogen (secondary N) is 1. The third-order valence-electron chi connectivity index (χ3n) is 2.62. The van der Waals surface area contributed by atoms with Gasteiger partial charge in [-0.15, -0.1) is 0 Å². The monoisotopic (exact) mass is 291 g/mol. The van der Waals surface area contributed by atoms with Crippen molar-refractivity contribution in [1.29, 1.82) is 0 Å². The van der Waals surface area contributed by atoms with E-state index in [4.69, 9.17) is 0 Å². The van der Waals surface area contributed by atoms with Crippen molar-refractivity contribution in [3.63, 3.8) is 0 Å². The number of carbonyl (C=O) groups is 1. The second-order valence-electron chi connectivity index (χ2n) is 4.99. The number of amides is 1. The lowest BCUT2D eigenvalue weighted by Gasteiger charge is -2.06. The first-order valence-corrected chi connectivity index (χ1v) is 9.66. The van der Waals surface area contributed by atoms with Crippen LogP contribution >= 0.6 is 21.6 Å². The highest BCUT2D eigenvalue weighted by Crippen LogP contribution is 2.22. The summed E-state index contributed by atoms with van der Waals surface area (Å²) >= 11 is 0. The van der Waals surface area contributed by atoms with Crippen LogP contribution in [0.3, 0.4) is 0 Å². The molecule has 0 rings (SSSR count). The molecule has 0 fully saturated rings. The van der Waals surface area contributed by atoms with Crippen molar-refractivity contribution in [3.8, 4) is 0 Å². The van der Waals surface area contributed by atoms with Crippen LogP contribution in [-0.2, 0) is 4.79 Å². The summed E-state index contributed by atoms with van der Waals surface area (Å²) < 4.78 is 0. The summed E-state index contributed by atoms with van der Waals surface area (Å²) in [6, 6.07) is 0. The molecule has 1 N–H and O–H groups in total. The van der Waals surface area contributed by atoms with Crippen molar-refractivity contribution >= 4 is 27.5 Å². The maximum Gasteiger partial charge on any atom is 0.220 e. The molecular weight excluding hydrogens is 262 g/mol. The summed E-state index contributed by atoms with van der Waals surface area (Å²) in [5.74, 6) is 3.08. The van der Waals surface area contributed by atoms with Crippen LogP contribution in [0.5, 0.6) is 0 Å². The highest BCUT2D eigenvalue weighted by molar-refractivity contribution is 8.76. The van der Waals surface area contributed by atoms with E-state index in [-0.39, 0.29) is 5.91 Å². The molecular formula is C14H29NOS2. The minimum atomic E-state index is 0.206. The first-order valence-electron chi connectivity index (χ1n) is 7.18. The SMILES string of the molecule is CCCCCCSSCCNC(=O)CCC(C)C. The molecule has 108 valence electrons. The predicted octanol–water partition coefficient (Wildman–Crippen LogP) is 4.50. The van der Waals surface area contributed by atoms with Crippen LogP contribution in [0.2, 0.25) is 0 Å². The Morgan fingerprint density at radius 3 is 2.50 bits per heavy atom. The predicted molar refractivity (Wildman–Crippen MR) is 86.1 cm³/mol. The molecule has 2 nitrogen and oxygen atoms in total. The molecule has 18 heavy (non-hydrogen) atoms. The standard InChI is InChI=1S/C14H29NOS2/c1-4-5-6-7-11-17-18-12-10-15-14(16)9-8-13(2)3/h13H,4-12H2,1-3H3,(H,15,16). The highest BCUT2D eigenvalue weighted by atomic mass is 33.1. The van der Waals surface area contributed by atoms with Gasteiger partial charge in [-0.25, -0.2) is 0 Å². The zero-order valence-corrected chi connectivity index (χ0v) is 13.8. The van der Waals surface area contributed by atoms with Crippen LogP contribution in [0, 0.1) is 5.92 Å². The molecule has 0 aromatic rings. The van der Waals surface area contributed by atoms with E-state index in [2.05, 4.69) is 26.1 Å². The quantitative estimate of drug-likeness (QED) is 0.424. The Morgan fingerprint density at radius 2 is 1.83 bits per heavy atom. The Labute approximate surface area is 121 Å². The second kappa shape index (κ2) is 13.6. The van der Waals surface area contributed by atoms with Gasteiger partial charge in [-0.1, -0.05) is 61.6 Å². The Hall–Kier alpha value is 0.170. The molecule has 0 atom stereocenters. The van der Waals surface area contributed by atoms with E-state index in [1.807, 2.05) is 21.6 Å². The molecule has 0 saturated heterocycles. The molecule has 0 heterocycles. The second-order valence-corrected chi connectivity index (χ2v) is 7.69. The maximum absolute atomic E-state index is 11.4. The van der Waals surface area contributed by atoms with Crippen molar-refractivity contribution in [2.75, 3.05) is 18.1 Å². The topological polar surface area (TPSA) is 29.1 Å². The van der Waals surface area contributed by atoms with Gasteiger partial charge in [0.2, 0.25) is 5.91 Å². The number of rotatable bonds is 12. The van der Waals surface area contributed by atoms with Gasteiger partial charge in [0.1, 0.15) is 0 Å². The largest absolute Gasteiger partial charge is 0.355 e. The van der Waals surface area contributed by atoms with E-state index in [1.165, 1.54) is 31.4 Å². The molecule has 4 heteroatoms.